The van der Waals surface area contributed by atoms with Crippen molar-refractivity contribution >= 4 is 34.2 Å². The van der Waals surface area contributed by atoms with Gasteiger partial charge in [0.2, 0.25) is 0 Å². The predicted molar refractivity (Wildman–Crippen MR) is 135 cm³/mol. The molecule has 4 rings (SSSR count). The van der Waals surface area contributed by atoms with Crippen molar-refractivity contribution in [1.82, 2.24) is 4.98 Å². The average Bonchev–Trinajstić information content (AvgIpc) is 2.84. The number of fused-ring (bicyclic) bond motifs is 1. The highest BCUT2D eigenvalue weighted by Crippen LogP contribution is 2.21. The van der Waals surface area contributed by atoms with Gasteiger partial charge in [0.05, 0.1) is 18.0 Å². The van der Waals surface area contributed by atoms with Crippen LogP contribution in [0.25, 0.3) is 10.9 Å². The highest BCUT2D eigenvalue weighted by Gasteiger charge is 2.21. The molecule has 0 aliphatic heterocycles. The second-order valence-corrected chi connectivity index (χ2v) is 8.37. The molecule has 5 heteroatoms. The second-order valence-electron chi connectivity index (χ2n) is 7.94. The topological polar surface area (TPSA) is 51.2 Å². The number of aryl methyl sites for hydroxylation is 2. The zero-order valence-electron chi connectivity index (χ0n) is 18.6. The van der Waals surface area contributed by atoms with E-state index in [0.29, 0.717) is 18.2 Å². The predicted octanol–water partition coefficient (Wildman–Crippen LogP) is 6.43. The first kappa shape index (κ1) is 22.8. The Morgan fingerprint density at radius 2 is 1.79 bits per heavy atom. The monoisotopic (exact) mass is 458 g/mol. The molecule has 0 saturated carbocycles. The van der Waals surface area contributed by atoms with Gasteiger partial charge in [-0.25, -0.2) is 0 Å². The lowest BCUT2D eigenvalue weighted by molar-refractivity contribution is -0.144. The van der Waals surface area contributed by atoms with Crippen LogP contribution in [0, 0.1) is 0 Å². The van der Waals surface area contributed by atoms with E-state index < -0.39 is 0 Å². The van der Waals surface area contributed by atoms with E-state index in [1.807, 2.05) is 67.6 Å². The summed E-state index contributed by atoms with van der Waals surface area (Å²) in [4.78, 5) is 17.3. The number of ether oxygens (including phenoxy) is 1. The number of hydrogen-bond acceptors (Lipinski definition) is 4. The fourth-order valence-corrected chi connectivity index (χ4v) is 4.03. The zero-order valence-corrected chi connectivity index (χ0v) is 19.4. The lowest BCUT2D eigenvalue weighted by atomic mass is 9.99. The molecule has 33 heavy (non-hydrogen) atoms. The number of esters is 1. The number of nitrogens with zero attached hydrogens (tertiary/aromatic N) is 1. The number of aromatic nitrogens is 1. The summed E-state index contributed by atoms with van der Waals surface area (Å²) in [5, 5.41) is 5.20. The van der Waals surface area contributed by atoms with Crippen LogP contribution in [0.4, 0.5) is 5.69 Å². The van der Waals surface area contributed by atoms with Gasteiger partial charge in [-0.1, -0.05) is 66.2 Å². The number of pyridine rings is 1. The lowest BCUT2D eigenvalue weighted by Gasteiger charge is -2.18. The van der Waals surface area contributed by atoms with Gasteiger partial charge in [0.15, 0.2) is 0 Å². The molecular weight excluding hydrogens is 432 g/mol. The van der Waals surface area contributed by atoms with Gasteiger partial charge in [-0.3, -0.25) is 9.78 Å². The Labute approximate surface area is 199 Å². The Bertz CT molecular complexity index is 1230. The molecule has 1 aromatic heterocycles. The molecular formula is C28H27ClN2O2. The van der Waals surface area contributed by atoms with Crippen LogP contribution in [0.3, 0.4) is 0 Å². The summed E-state index contributed by atoms with van der Waals surface area (Å²) in [6, 6.07) is 28.0. The van der Waals surface area contributed by atoms with Crippen LogP contribution in [-0.2, 0) is 22.4 Å². The van der Waals surface area contributed by atoms with Crippen LogP contribution in [-0.4, -0.2) is 24.1 Å². The van der Waals surface area contributed by atoms with E-state index in [-0.39, 0.29) is 11.9 Å². The van der Waals surface area contributed by atoms with Gasteiger partial charge < -0.3 is 10.1 Å². The fraction of sp³-hybridized carbons (Fsp3) is 0.214. The molecule has 0 saturated heterocycles. The van der Waals surface area contributed by atoms with E-state index in [2.05, 4.69) is 29.6 Å². The molecule has 4 aromatic rings. The maximum Gasteiger partial charge on any atom is 0.315 e. The molecule has 4 nitrogen and oxygen atoms in total. The van der Waals surface area contributed by atoms with Crippen molar-refractivity contribution < 1.29 is 9.53 Å². The van der Waals surface area contributed by atoms with E-state index in [1.165, 1.54) is 5.56 Å². The maximum absolute atomic E-state index is 12.5. The summed E-state index contributed by atoms with van der Waals surface area (Å²) >= 11 is 6.11. The van der Waals surface area contributed by atoms with Gasteiger partial charge in [-0.2, -0.15) is 0 Å². The standard InChI is InChI=1S/C28H27ClN2O2/c1-2-33-28(32)26(21-8-4-3-5-9-21)19-30-25-10-6-7-20(17-25)11-15-24-16-13-22-12-14-23(29)18-27(22)31-24/h3-10,12-14,16-18,26,30H,2,11,15,19H2,1H3. The van der Waals surface area contributed by atoms with Crippen molar-refractivity contribution in [2.24, 2.45) is 0 Å². The van der Waals surface area contributed by atoms with Crippen LogP contribution in [0.15, 0.2) is 84.9 Å². The van der Waals surface area contributed by atoms with E-state index in [1.54, 1.807) is 0 Å². The van der Waals surface area contributed by atoms with Gasteiger partial charge in [0.1, 0.15) is 0 Å². The van der Waals surface area contributed by atoms with Crippen molar-refractivity contribution in [3.8, 4) is 0 Å². The number of rotatable bonds is 9. The normalized spacial score (nSPS) is 11.8. The molecule has 0 bridgehead atoms. The van der Waals surface area contributed by atoms with Crippen molar-refractivity contribution in [2.75, 3.05) is 18.5 Å². The molecule has 1 atom stereocenters. The number of halogens is 1. The molecule has 1 N–H and O–H groups in total. The summed E-state index contributed by atoms with van der Waals surface area (Å²) in [5.74, 6) is -0.571. The molecule has 0 spiro atoms. The van der Waals surface area contributed by atoms with Crippen LogP contribution in [0.2, 0.25) is 5.02 Å². The molecule has 3 aromatic carbocycles. The van der Waals surface area contributed by atoms with E-state index >= 15 is 0 Å². The van der Waals surface area contributed by atoms with Gasteiger partial charge >= 0.3 is 5.97 Å². The first-order valence-corrected chi connectivity index (χ1v) is 11.6. The molecule has 0 fully saturated rings. The number of nitrogens with one attached hydrogen (secondary N) is 1. The Morgan fingerprint density at radius 3 is 2.61 bits per heavy atom. The van der Waals surface area contributed by atoms with Gasteiger partial charge in [0.25, 0.3) is 0 Å². The van der Waals surface area contributed by atoms with Crippen LogP contribution < -0.4 is 5.32 Å². The van der Waals surface area contributed by atoms with Crippen LogP contribution >= 0.6 is 11.6 Å². The van der Waals surface area contributed by atoms with Gasteiger partial charge in [0, 0.05) is 28.3 Å². The Hall–Kier alpha value is -3.37. The number of anilines is 1. The molecule has 0 aliphatic carbocycles. The highest BCUT2D eigenvalue weighted by atomic mass is 35.5. The number of benzene rings is 3. The van der Waals surface area contributed by atoms with Crippen molar-refractivity contribution in [3.05, 3.63) is 107 Å². The quantitative estimate of drug-likeness (QED) is 0.293. The molecule has 0 aliphatic rings. The summed E-state index contributed by atoms with van der Waals surface area (Å²) in [5.41, 5.74) is 5.09. The molecule has 168 valence electrons. The number of carbonyl (C=O) groups excluding carboxylic acids is 1. The minimum absolute atomic E-state index is 0.213. The third kappa shape index (κ3) is 6.11. The number of carbonyl (C=O) groups is 1. The third-order valence-electron chi connectivity index (χ3n) is 5.59. The molecule has 1 unspecified atom stereocenters. The first-order chi connectivity index (χ1) is 16.1. The average molecular weight is 459 g/mol. The number of hydrogen-bond donors (Lipinski definition) is 1. The minimum Gasteiger partial charge on any atom is -0.465 e. The molecule has 0 radical (unpaired) electrons. The molecule has 0 amide bonds. The Kier molecular flexibility index (Phi) is 7.59. The minimum atomic E-state index is -0.358. The summed E-state index contributed by atoms with van der Waals surface area (Å²) in [6.45, 7) is 2.67. The summed E-state index contributed by atoms with van der Waals surface area (Å²) in [7, 11) is 0. The van der Waals surface area contributed by atoms with Crippen molar-refractivity contribution in [3.63, 3.8) is 0 Å². The Balaban J connectivity index is 1.41. The smallest absolute Gasteiger partial charge is 0.315 e. The van der Waals surface area contributed by atoms with E-state index in [4.69, 9.17) is 21.3 Å². The van der Waals surface area contributed by atoms with Crippen molar-refractivity contribution in [2.45, 2.75) is 25.7 Å². The summed E-state index contributed by atoms with van der Waals surface area (Å²) in [6.07, 6.45) is 1.70. The fourth-order valence-electron chi connectivity index (χ4n) is 3.87. The van der Waals surface area contributed by atoms with Crippen LogP contribution in [0.1, 0.15) is 29.7 Å². The third-order valence-corrected chi connectivity index (χ3v) is 5.83. The zero-order chi connectivity index (χ0) is 23.0. The lowest BCUT2D eigenvalue weighted by Crippen LogP contribution is -2.23. The maximum atomic E-state index is 12.5. The summed E-state index contributed by atoms with van der Waals surface area (Å²) < 4.78 is 5.30. The highest BCUT2D eigenvalue weighted by molar-refractivity contribution is 6.31. The van der Waals surface area contributed by atoms with Gasteiger partial charge in [-0.15, -0.1) is 0 Å². The van der Waals surface area contributed by atoms with Crippen LogP contribution in [0.5, 0.6) is 0 Å². The Morgan fingerprint density at radius 1 is 0.970 bits per heavy atom. The SMILES string of the molecule is CCOC(=O)C(CNc1cccc(CCc2ccc3ccc(Cl)cc3n2)c1)c1ccccc1. The second kappa shape index (κ2) is 11.0. The van der Waals surface area contributed by atoms with E-state index in [9.17, 15) is 4.79 Å². The van der Waals surface area contributed by atoms with Gasteiger partial charge in [-0.05, 0) is 61.2 Å². The first-order valence-electron chi connectivity index (χ1n) is 11.2. The molecule has 1 heterocycles. The largest absolute Gasteiger partial charge is 0.465 e. The van der Waals surface area contributed by atoms with Crippen molar-refractivity contribution in [1.29, 1.82) is 0 Å². The van der Waals surface area contributed by atoms with E-state index in [0.717, 1.165) is 40.7 Å².